The van der Waals surface area contributed by atoms with Gasteiger partial charge in [-0.1, -0.05) is 0 Å². The predicted octanol–water partition coefficient (Wildman–Crippen LogP) is 0.696. The van der Waals surface area contributed by atoms with Gasteiger partial charge in [0.2, 0.25) is 0 Å². The number of aliphatic carboxylic acids is 1. The maximum atomic E-state index is 11.6. The molecule has 17 heavy (non-hydrogen) atoms. The molecule has 1 heterocycles. The van der Waals surface area contributed by atoms with Crippen LogP contribution in [0.5, 0.6) is 0 Å². The number of urea groups is 1. The van der Waals surface area contributed by atoms with Gasteiger partial charge in [-0.15, -0.1) is 0 Å². The molecule has 1 aromatic rings. The van der Waals surface area contributed by atoms with Crippen molar-refractivity contribution < 1.29 is 14.7 Å². The Morgan fingerprint density at radius 2 is 2.06 bits per heavy atom. The van der Waals surface area contributed by atoms with Gasteiger partial charge in [-0.25, -0.2) is 4.79 Å². The van der Waals surface area contributed by atoms with Gasteiger partial charge in [0.05, 0.1) is 0 Å². The average molecular weight is 237 g/mol. The third-order valence-electron chi connectivity index (χ3n) is 2.23. The van der Waals surface area contributed by atoms with E-state index in [1.807, 2.05) is 0 Å². The van der Waals surface area contributed by atoms with Gasteiger partial charge in [0.25, 0.3) is 0 Å². The Hall–Kier alpha value is -2.11. The van der Waals surface area contributed by atoms with Crippen LogP contribution in [0.15, 0.2) is 24.5 Å². The summed E-state index contributed by atoms with van der Waals surface area (Å²) in [4.78, 5) is 27.5. The summed E-state index contributed by atoms with van der Waals surface area (Å²) in [6.45, 7) is 1.82. The number of rotatable bonds is 4. The number of pyridine rings is 1. The Balaban J connectivity index is 2.50. The maximum Gasteiger partial charge on any atom is 0.325 e. The fraction of sp³-hybridized carbons (Fsp3) is 0.364. The zero-order valence-electron chi connectivity index (χ0n) is 9.75. The summed E-state index contributed by atoms with van der Waals surface area (Å²) < 4.78 is 0. The van der Waals surface area contributed by atoms with E-state index in [4.69, 9.17) is 5.11 Å². The molecule has 1 atom stereocenters. The van der Waals surface area contributed by atoms with Crippen molar-refractivity contribution in [3.63, 3.8) is 0 Å². The highest BCUT2D eigenvalue weighted by Gasteiger charge is 2.16. The first kappa shape index (κ1) is 13.0. The summed E-state index contributed by atoms with van der Waals surface area (Å²) in [5.41, 5.74) is 0.931. The highest BCUT2D eigenvalue weighted by atomic mass is 16.4. The van der Waals surface area contributed by atoms with Crippen molar-refractivity contribution in [2.75, 3.05) is 7.05 Å². The zero-order chi connectivity index (χ0) is 12.8. The lowest BCUT2D eigenvalue weighted by molar-refractivity contribution is -0.138. The Bertz CT molecular complexity index is 394. The lowest BCUT2D eigenvalue weighted by Crippen LogP contribution is -2.44. The average Bonchev–Trinajstić information content (AvgIpc) is 2.29. The smallest absolute Gasteiger partial charge is 0.325 e. The van der Waals surface area contributed by atoms with Crippen LogP contribution < -0.4 is 5.32 Å². The normalized spacial score (nSPS) is 11.6. The van der Waals surface area contributed by atoms with Crippen LogP contribution in [0.2, 0.25) is 0 Å². The summed E-state index contributed by atoms with van der Waals surface area (Å²) in [7, 11) is 1.60. The van der Waals surface area contributed by atoms with Gasteiger partial charge >= 0.3 is 12.0 Å². The molecule has 0 aliphatic carbocycles. The van der Waals surface area contributed by atoms with Crippen LogP contribution in [-0.2, 0) is 11.3 Å². The lowest BCUT2D eigenvalue weighted by Gasteiger charge is -2.19. The highest BCUT2D eigenvalue weighted by Crippen LogP contribution is 2.01. The topological polar surface area (TPSA) is 82.5 Å². The quantitative estimate of drug-likeness (QED) is 0.807. The molecule has 2 amide bonds. The molecule has 0 aliphatic heterocycles. The first-order chi connectivity index (χ1) is 8.00. The van der Waals surface area contributed by atoms with Crippen LogP contribution in [-0.4, -0.2) is 40.1 Å². The molecule has 0 fully saturated rings. The third kappa shape index (κ3) is 4.10. The Morgan fingerprint density at radius 1 is 1.47 bits per heavy atom. The number of carbonyl (C=O) groups is 2. The van der Waals surface area contributed by atoms with Crippen LogP contribution in [0.25, 0.3) is 0 Å². The minimum atomic E-state index is -1.06. The summed E-state index contributed by atoms with van der Waals surface area (Å²) in [5.74, 6) is -1.06. The number of amides is 2. The molecule has 0 radical (unpaired) electrons. The van der Waals surface area contributed by atoms with Gasteiger partial charge < -0.3 is 15.3 Å². The molecule has 6 nitrogen and oxygen atoms in total. The standard InChI is InChI=1S/C11H15N3O3/c1-8(10(15)16)13-11(17)14(2)7-9-3-5-12-6-4-9/h3-6,8H,7H2,1-2H3,(H,13,17)(H,15,16)/t8-/m0/s1. The number of carboxylic acids is 1. The number of nitrogens with zero attached hydrogens (tertiary/aromatic N) is 2. The number of nitrogens with one attached hydrogen (secondary N) is 1. The van der Waals surface area contributed by atoms with Crippen molar-refractivity contribution in [1.29, 1.82) is 0 Å². The SMILES string of the molecule is C[C@H](NC(=O)N(C)Cc1ccncc1)C(=O)O. The van der Waals surface area contributed by atoms with E-state index < -0.39 is 18.0 Å². The van der Waals surface area contributed by atoms with Crippen LogP contribution >= 0.6 is 0 Å². The largest absolute Gasteiger partial charge is 0.480 e. The van der Waals surface area contributed by atoms with Crippen molar-refractivity contribution >= 4 is 12.0 Å². The van der Waals surface area contributed by atoms with Crippen LogP contribution in [0.1, 0.15) is 12.5 Å². The Kier molecular flexibility index (Phi) is 4.45. The van der Waals surface area contributed by atoms with Crippen LogP contribution in [0, 0.1) is 0 Å². The number of aromatic nitrogens is 1. The summed E-state index contributed by atoms with van der Waals surface area (Å²) >= 11 is 0. The second-order valence-electron chi connectivity index (χ2n) is 3.72. The maximum absolute atomic E-state index is 11.6. The number of carboxylic acid groups (broad SMARTS) is 1. The van der Waals surface area contributed by atoms with Gasteiger partial charge in [0.15, 0.2) is 0 Å². The monoisotopic (exact) mass is 237 g/mol. The van der Waals surface area contributed by atoms with E-state index in [1.165, 1.54) is 11.8 Å². The van der Waals surface area contributed by atoms with Gasteiger partial charge in [-0.2, -0.15) is 0 Å². The van der Waals surface area contributed by atoms with E-state index in [1.54, 1.807) is 31.6 Å². The fourth-order valence-electron chi connectivity index (χ4n) is 1.19. The molecule has 6 heteroatoms. The van der Waals surface area contributed by atoms with E-state index in [0.29, 0.717) is 6.54 Å². The first-order valence-corrected chi connectivity index (χ1v) is 5.14. The first-order valence-electron chi connectivity index (χ1n) is 5.14. The van der Waals surface area contributed by atoms with E-state index in [9.17, 15) is 9.59 Å². The Labute approximate surface area is 99.3 Å². The van der Waals surface area contributed by atoms with E-state index in [-0.39, 0.29) is 0 Å². The minimum absolute atomic E-state index is 0.403. The van der Waals surface area contributed by atoms with E-state index >= 15 is 0 Å². The summed E-state index contributed by atoms with van der Waals surface area (Å²) in [5, 5.41) is 11.0. The molecule has 0 spiro atoms. The third-order valence-corrected chi connectivity index (χ3v) is 2.23. The Morgan fingerprint density at radius 3 is 2.59 bits per heavy atom. The molecule has 1 aromatic heterocycles. The summed E-state index contributed by atoms with van der Waals surface area (Å²) in [6, 6.07) is 2.27. The van der Waals surface area contributed by atoms with Crippen molar-refractivity contribution in [3.05, 3.63) is 30.1 Å². The molecule has 0 bridgehead atoms. The molecular weight excluding hydrogens is 222 g/mol. The zero-order valence-corrected chi connectivity index (χ0v) is 9.75. The van der Waals surface area contributed by atoms with Crippen molar-refractivity contribution in [3.8, 4) is 0 Å². The second kappa shape index (κ2) is 5.83. The molecule has 1 rings (SSSR count). The van der Waals surface area contributed by atoms with Crippen LogP contribution in [0.3, 0.4) is 0 Å². The molecule has 0 saturated carbocycles. The molecule has 2 N–H and O–H groups in total. The lowest BCUT2D eigenvalue weighted by atomic mass is 10.2. The molecule has 0 aliphatic rings. The van der Waals surface area contributed by atoms with Crippen molar-refractivity contribution in [2.45, 2.75) is 19.5 Å². The molecular formula is C11H15N3O3. The summed E-state index contributed by atoms with van der Waals surface area (Å²) in [6.07, 6.45) is 3.28. The molecule has 0 saturated heterocycles. The molecule has 0 aromatic carbocycles. The number of hydrogen-bond donors (Lipinski definition) is 2. The van der Waals surface area contributed by atoms with Gasteiger partial charge in [-0.05, 0) is 24.6 Å². The van der Waals surface area contributed by atoms with Gasteiger partial charge in [-0.3, -0.25) is 9.78 Å². The van der Waals surface area contributed by atoms with Crippen molar-refractivity contribution in [1.82, 2.24) is 15.2 Å². The van der Waals surface area contributed by atoms with E-state index in [2.05, 4.69) is 10.3 Å². The highest BCUT2D eigenvalue weighted by molar-refractivity contribution is 5.82. The fourth-order valence-corrected chi connectivity index (χ4v) is 1.19. The minimum Gasteiger partial charge on any atom is -0.480 e. The molecule has 0 unspecified atom stereocenters. The predicted molar refractivity (Wildman–Crippen MR) is 61.3 cm³/mol. The molecule has 92 valence electrons. The van der Waals surface area contributed by atoms with Gasteiger partial charge in [0.1, 0.15) is 6.04 Å². The van der Waals surface area contributed by atoms with Crippen LogP contribution in [0.4, 0.5) is 4.79 Å². The number of carbonyl (C=O) groups excluding carboxylic acids is 1. The second-order valence-corrected chi connectivity index (χ2v) is 3.72. The van der Waals surface area contributed by atoms with Gasteiger partial charge in [0, 0.05) is 26.0 Å². The van der Waals surface area contributed by atoms with E-state index in [0.717, 1.165) is 5.56 Å². The van der Waals surface area contributed by atoms with Crippen molar-refractivity contribution in [2.24, 2.45) is 0 Å². The number of hydrogen-bond acceptors (Lipinski definition) is 3.